The van der Waals surface area contributed by atoms with E-state index in [0.717, 1.165) is 22.3 Å². The molecule has 0 radical (unpaired) electrons. The average molecular weight is 476 g/mol. The predicted octanol–water partition coefficient (Wildman–Crippen LogP) is 2.95. The number of carboxylic acids is 1. The molecule has 1 aromatic heterocycles. The summed E-state index contributed by atoms with van der Waals surface area (Å²) in [7, 11) is 1.41. The van der Waals surface area contributed by atoms with E-state index in [0.29, 0.717) is 5.69 Å². The highest BCUT2D eigenvalue weighted by atomic mass is 16.5. The van der Waals surface area contributed by atoms with Crippen LogP contribution in [-0.4, -0.2) is 54.4 Å². The van der Waals surface area contributed by atoms with Crippen molar-refractivity contribution in [3.05, 3.63) is 89.2 Å². The summed E-state index contributed by atoms with van der Waals surface area (Å²) in [6.07, 6.45) is 0.613. The van der Waals surface area contributed by atoms with Gasteiger partial charge in [-0.15, -0.1) is 0 Å². The van der Waals surface area contributed by atoms with Crippen molar-refractivity contribution < 1.29 is 29.0 Å². The summed E-state index contributed by atoms with van der Waals surface area (Å²) in [5, 5.41) is 14.3. The number of nitrogens with one attached hydrogen (secondary N) is 2. The lowest BCUT2D eigenvalue weighted by Gasteiger charge is -2.19. The van der Waals surface area contributed by atoms with E-state index >= 15 is 0 Å². The van der Waals surface area contributed by atoms with Crippen LogP contribution in [0.1, 0.15) is 33.1 Å². The van der Waals surface area contributed by atoms with Crippen LogP contribution in [0.15, 0.2) is 66.9 Å². The summed E-state index contributed by atoms with van der Waals surface area (Å²) in [5.74, 6) is -1.70. The number of pyridine rings is 1. The van der Waals surface area contributed by atoms with Crippen LogP contribution in [0.3, 0.4) is 0 Å². The van der Waals surface area contributed by atoms with Crippen molar-refractivity contribution in [2.75, 3.05) is 20.3 Å². The zero-order valence-electron chi connectivity index (χ0n) is 19.1. The van der Waals surface area contributed by atoms with Gasteiger partial charge in [-0.3, -0.25) is 9.78 Å². The molecule has 0 unspecified atom stereocenters. The van der Waals surface area contributed by atoms with E-state index in [4.69, 9.17) is 14.6 Å². The van der Waals surface area contributed by atoms with Crippen molar-refractivity contribution >= 4 is 18.0 Å². The number of fused-ring (bicyclic) bond motifs is 3. The highest BCUT2D eigenvalue weighted by Crippen LogP contribution is 2.44. The number of carbonyl (C=O) groups excluding carboxylic acids is 2. The van der Waals surface area contributed by atoms with Crippen molar-refractivity contribution in [3.8, 4) is 11.1 Å². The number of nitrogens with zero attached hydrogens (tertiary/aromatic N) is 1. The molecule has 2 aromatic carbocycles. The molecular formula is C26H25N3O6. The third-order valence-electron chi connectivity index (χ3n) is 5.79. The van der Waals surface area contributed by atoms with Gasteiger partial charge in [0.25, 0.3) is 0 Å². The summed E-state index contributed by atoms with van der Waals surface area (Å²) in [4.78, 5) is 40.4. The van der Waals surface area contributed by atoms with Gasteiger partial charge in [0.05, 0.1) is 24.4 Å². The minimum atomic E-state index is -1.09. The fourth-order valence-electron chi connectivity index (χ4n) is 4.14. The molecule has 1 heterocycles. The first kappa shape index (κ1) is 23.9. The summed E-state index contributed by atoms with van der Waals surface area (Å²) < 4.78 is 10.6. The molecule has 180 valence electrons. The molecule has 9 heteroatoms. The largest absolute Gasteiger partial charge is 0.478 e. The van der Waals surface area contributed by atoms with Crippen LogP contribution in [0.5, 0.6) is 0 Å². The minimum absolute atomic E-state index is 0.00740. The average Bonchev–Trinajstić information content (AvgIpc) is 3.19. The Kier molecular flexibility index (Phi) is 7.37. The first-order valence-electron chi connectivity index (χ1n) is 11.0. The van der Waals surface area contributed by atoms with Gasteiger partial charge in [-0.05, 0) is 34.4 Å². The second-order valence-corrected chi connectivity index (χ2v) is 8.04. The second-order valence-electron chi connectivity index (χ2n) is 8.04. The number of methoxy groups -OCH3 is 1. The van der Waals surface area contributed by atoms with E-state index < -0.39 is 24.0 Å². The molecule has 1 aliphatic rings. The molecule has 0 fully saturated rings. The lowest BCUT2D eigenvalue weighted by atomic mass is 9.98. The van der Waals surface area contributed by atoms with Crippen LogP contribution >= 0.6 is 0 Å². The Balaban J connectivity index is 1.36. The zero-order valence-corrected chi connectivity index (χ0v) is 19.1. The third kappa shape index (κ3) is 5.47. The van der Waals surface area contributed by atoms with E-state index in [1.165, 1.54) is 25.4 Å². The Morgan fingerprint density at radius 2 is 1.69 bits per heavy atom. The van der Waals surface area contributed by atoms with Gasteiger partial charge in [-0.25, -0.2) is 9.59 Å². The van der Waals surface area contributed by atoms with Crippen LogP contribution in [0, 0.1) is 0 Å². The standard InChI is InChI=1S/C26H25N3O6/c1-34-15-23(24(30)28-13-17-12-16(25(31)32)10-11-27-17)29-26(33)35-14-22-20-8-4-2-6-18(20)19-7-3-5-9-21(19)22/h2-12,22-23H,13-15H2,1H3,(H,28,30)(H,29,33)(H,31,32)/t23-/m0/s1. The highest BCUT2D eigenvalue weighted by molar-refractivity contribution is 5.88. The number of rotatable bonds is 9. The molecule has 9 nitrogen and oxygen atoms in total. The fraction of sp³-hybridized carbons (Fsp3) is 0.231. The van der Waals surface area contributed by atoms with Crippen LogP contribution in [0.2, 0.25) is 0 Å². The van der Waals surface area contributed by atoms with E-state index in [9.17, 15) is 14.4 Å². The van der Waals surface area contributed by atoms with Gasteiger partial charge in [0.1, 0.15) is 12.6 Å². The van der Waals surface area contributed by atoms with E-state index in [1.807, 2.05) is 48.5 Å². The molecule has 0 saturated carbocycles. The minimum Gasteiger partial charge on any atom is -0.478 e. The van der Waals surface area contributed by atoms with E-state index in [-0.39, 0.29) is 31.2 Å². The number of amides is 2. The number of hydrogen-bond acceptors (Lipinski definition) is 6. The monoisotopic (exact) mass is 475 g/mol. The maximum atomic E-state index is 12.6. The van der Waals surface area contributed by atoms with Gasteiger partial charge in [0.15, 0.2) is 0 Å². The quantitative estimate of drug-likeness (QED) is 0.434. The third-order valence-corrected chi connectivity index (χ3v) is 5.79. The first-order valence-corrected chi connectivity index (χ1v) is 11.0. The SMILES string of the molecule is COC[C@H](NC(=O)OCC1c2ccccc2-c2ccccc21)C(=O)NCc1cc(C(=O)O)ccn1. The van der Waals surface area contributed by atoms with Crippen molar-refractivity contribution in [1.29, 1.82) is 0 Å². The second kappa shape index (κ2) is 10.8. The smallest absolute Gasteiger partial charge is 0.407 e. The molecule has 0 bridgehead atoms. The molecule has 1 atom stereocenters. The summed E-state index contributed by atoms with van der Waals surface area (Å²) in [6.45, 7) is 0.0399. The molecule has 0 saturated heterocycles. The Morgan fingerprint density at radius 1 is 1.03 bits per heavy atom. The summed E-state index contributed by atoms with van der Waals surface area (Å²) >= 11 is 0. The number of alkyl carbamates (subject to hydrolysis) is 1. The van der Waals surface area contributed by atoms with E-state index in [2.05, 4.69) is 15.6 Å². The Labute approximate surface area is 202 Å². The molecule has 0 spiro atoms. The normalized spacial score (nSPS) is 12.8. The number of aromatic carboxylic acids is 1. The van der Waals surface area contributed by atoms with Crippen LogP contribution in [0.4, 0.5) is 4.79 Å². The van der Waals surface area contributed by atoms with Crippen LogP contribution in [0.25, 0.3) is 11.1 Å². The maximum absolute atomic E-state index is 12.6. The van der Waals surface area contributed by atoms with Crippen molar-refractivity contribution in [2.24, 2.45) is 0 Å². The van der Waals surface area contributed by atoms with Crippen molar-refractivity contribution in [3.63, 3.8) is 0 Å². The molecule has 35 heavy (non-hydrogen) atoms. The van der Waals surface area contributed by atoms with Gasteiger partial charge in [-0.2, -0.15) is 0 Å². The van der Waals surface area contributed by atoms with Crippen LogP contribution < -0.4 is 10.6 Å². The number of hydrogen-bond donors (Lipinski definition) is 3. The fourth-order valence-corrected chi connectivity index (χ4v) is 4.14. The molecule has 3 aromatic rings. The van der Waals surface area contributed by atoms with Gasteiger partial charge in [-0.1, -0.05) is 48.5 Å². The van der Waals surface area contributed by atoms with Gasteiger partial charge < -0.3 is 25.2 Å². The van der Waals surface area contributed by atoms with Gasteiger partial charge in [0.2, 0.25) is 5.91 Å². The number of aromatic nitrogens is 1. The predicted molar refractivity (Wildman–Crippen MR) is 127 cm³/mol. The van der Waals surface area contributed by atoms with Crippen molar-refractivity contribution in [1.82, 2.24) is 15.6 Å². The molecular weight excluding hydrogens is 450 g/mol. The number of carboxylic acid groups (broad SMARTS) is 1. The Morgan fingerprint density at radius 3 is 2.31 bits per heavy atom. The molecule has 4 rings (SSSR count). The number of ether oxygens (including phenoxy) is 2. The van der Waals surface area contributed by atoms with Gasteiger partial charge in [0, 0.05) is 19.2 Å². The molecule has 1 aliphatic carbocycles. The van der Waals surface area contributed by atoms with E-state index in [1.54, 1.807) is 0 Å². The zero-order chi connectivity index (χ0) is 24.8. The maximum Gasteiger partial charge on any atom is 0.407 e. The highest BCUT2D eigenvalue weighted by Gasteiger charge is 2.29. The van der Waals surface area contributed by atoms with Crippen molar-refractivity contribution in [2.45, 2.75) is 18.5 Å². The Hall–Kier alpha value is -4.24. The van der Waals surface area contributed by atoms with Crippen LogP contribution in [-0.2, 0) is 20.8 Å². The molecule has 2 amide bonds. The first-order chi connectivity index (χ1) is 17.0. The summed E-state index contributed by atoms with van der Waals surface area (Å²) in [6, 6.07) is 17.7. The number of carbonyl (C=O) groups is 3. The molecule has 0 aliphatic heterocycles. The number of benzene rings is 2. The lowest BCUT2D eigenvalue weighted by molar-refractivity contribution is -0.124. The molecule has 3 N–H and O–H groups in total. The lowest BCUT2D eigenvalue weighted by Crippen LogP contribution is -2.49. The topological polar surface area (TPSA) is 127 Å². The summed E-state index contributed by atoms with van der Waals surface area (Å²) in [5.41, 5.74) is 4.85. The Bertz CT molecular complexity index is 1200. The van der Waals surface area contributed by atoms with Gasteiger partial charge >= 0.3 is 12.1 Å².